The molecule has 112 valence electrons. The van der Waals surface area contributed by atoms with Gasteiger partial charge in [-0.05, 0) is 46.8 Å². The van der Waals surface area contributed by atoms with Crippen LogP contribution < -0.4 is 11.0 Å². The van der Waals surface area contributed by atoms with Crippen LogP contribution in [0.4, 0.5) is 5.69 Å². The summed E-state index contributed by atoms with van der Waals surface area (Å²) >= 11 is 7.01. The van der Waals surface area contributed by atoms with Gasteiger partial charge in [-0.25, -0.2) is 4.79 Å². The van der Waals surface area contributed by atoms with Gasteiger partial charge < -0.3 is 5.32 Å². The highest BCUT2D eigenvalue weighted by Crippen LogP contribution is 2.22. The monoisotopic (exact) mass is 335 g/mol. The molecule has 0 bridgehead atoms. The summed E-state index contributed by atoms with van der Waals surface area (Å²) < 4.78 is 2.86. The highest BCUT2D eigenvalue weighted by atomic mass is 35.5. The molecule has 9 heteroatoms. The molecule has 0 saturated carbocycles. The van der Waals surface area contributed by atoms with Crippen molar-refractivity contribution in [3.05, 3.63) is 56.1 Å². The molecule has 0 aliphatic heterocycles. The number of halogens is 1. The Morgan fingerprint density at radius 2 is 1.91 bits per heavy atom. The third-order valence-electron chi connectivity index (χ3n) is 2.89. The van der Waals surface area contributed by atoms with Crippen LogP contribution >= 0.6 is 22.9 Å². The van der Waals surface area contributed by atoms with Crippen LogP contribution in [0.3, 0.4) is 0 Å². The summed E-state index contributed by atoms with van der Waals surface area (Å²) in [5.41, 5.74) is 0.829. The third kappa shape index (κ3) is 2.78. The molecule has 1 aromatic carbocycles. The number of thiophene rings is 1. The van der Waals surface area contributed by atoms with Crippen LogP contribution in [0, 0.1) is 0 Å². The number of carbonyl (C=O) groups is 1. The van der Waals surface area contributed by atoms with Crippen molar-refractivity contribution in [3.8, 4) is 5.69 Å². The summed E-state index contributed by atoms with van der Waals surface area (Å²) in [6, 6.07) is 10.0. The topological polar surface area (TPSA) is 81.8 Å². The summed E-state index contributed by atoms with van der Waals surface area (Å²) in [4.78, 5) is 24.3. The maximum atomic E-state index is 12.0. The number of nitrogens with zero attached hydrogens (tertiary/aromatic N) is 4. The van der Waals surface area contributed by atoms with Crippen molar-refractivity contribution in [2.45, 2.75) is 0 Å². The number of aromatic nitrogens is 4. The number of amides is 1. The largest absolute Gasteiger partial charge is 0.368 e. The lowest BCUT2D eigenvalue weighted by molar-refractivity contribution is 0.103. The van der Waals surface area contributed by atoms with Crippen molar-refractivity contribution in [3.63, 3.8) is 0 Å². The smallest absolute Gasteiger partial charge is 0.321 e. The predicted octanol–water partition coefficient (Wildman–Crippen LogP) is 1.93. The van der Waals surface area contributed by atoms with E-state index < -0.39 is 0 Å². The Hall–Kier alpha value is -2.45. The predicted molar refractivity (Wildman–Crippen MR) is 83.9 cm³/mol. The zero-order valence-corrected chi connectivity index (χ0v) is 12.9. The van der Waals surface area contributed by atoms with Crippen LogP contribution in [0.25, 0.3) is 5.69 Å². The minimum atomic E-state index is -0.343. The summed E-state index contributed by atoms with van der Waals surface area (Å²) in [6.45, 7) is 0. The first-order valence-corrected chi connectivity index (χ1v) is 7.40. The van der Waals surface area contributed by atoms with E-state index >= 15 is 0 Å². The lowest BCUT2D eigenvalue weighted by Crippen LogP contribution is -2.21. The first kappa shape index (κ1) is 14.5. The van der Waals surface area contributed by atoms with E-state index in [2.05, 4.69) is 15.7 Å². The number of anilines is 1. The van der Waals surface area contributed by atoms with Crippen LogP contribution in [0.5, 0.6) is 0 Å². The number of tetrazole rings is 1. The molecule has 0 spiro atoms. The molecule has 0 aliphatic carbocycles. The molecule has 0 radical (unpaired) electrons. The maximum Gasteiger partial charge on any atom is 0.368 e. The lowest BCUT2D eigenvalue weighted by Gasteiger charge is -2.04. The summed E-state index contributed by atoms with van der Waals surface area (Å²) in [6.07, 6.45) is 0. The van der Waals surface area contributed by atoms with Gasteiger partial charge in [0.2, 0.25) is 0 Å². The van der Waals surface area contributed by atoms with Crippen molar-refractivity contribution in [1.82, 2.24) is 19.8 Å². The van der Waals surface area contributed by atoms with Gasteiger partial charge in [-0.1, -0.05) is 11.6 Å². The number of carbonyl (C=O) groups excluding carboxylic acids is 1. The van der Waals surface area contributed by atoms with Crippen LogP contribution in [-0.4, -0.2) is 25.7 Å². The van der Waals surface area contributed by atoms with E-state index in [0.717, 1.165) is 4.68 Å². The normalized spacial score (nSPS) is 10.6. The van der Waals surface area contributed by atoms with E-state index in [0.29, 0.717) is 20.6 Å². The number of hydrogen-bond donors (Lipinski definition) is 1. The van der Waals surface area contributed by atoms with E-state index in [4.69, 9.17) is 11.6 Å². The summed E-state index contributed by atoms with van der Waals surface area (Å²) in [5.74, 6) is -0.235. The van der Waals surface area contributed by atoms with Gasteiger partial charge in [0.15, 0.2) is 0 Å². The van der Waals surface area contributed by atoms with Crippen molar-refractivity contribution in [2.75, 3.05) is 5.32 Å². The fourth-order valence-electron chi connectivity index (χ4n) is 1.79. The second-order valence-electron chi connectivity index (χ2n) is 4.40. The van der Waals surface area contributed by atoms with Crippen molar-refractivity contribution >= 4 is 34.5 Å². The lowest BCUT2D eigenvalue weighted by atomic mass is 10.2. The molecule has 2 heterocycles. The van der Waals surface area contributed by atoms with Crippen LogP contribution in [0.1, 0.15) is 9.67 Å². The van der Waals surface area contributed by atoms with E-state index in [9.17, 15) is 9.59 Å². The van der Waals surface area contributed by atoms with E-state index in [-0.39, 0.29) is 11.6 Å². The Morgan fingerprint density at radius 1 is 1.18 bits per heavy atom. The molecule has 22 heavy (non-hydrogen) atoms. The number of benzene rings is 1. The number of rotatable bonds is 3. The number of hydrogen-bond acceptors (Lipinski definition) is 5. The average molecular weight is 336 g/mol. The van der Waals surface area contributed by atoms with Crippen molar-refractivity contribution < 1.29 is 4.79 Å². The zero-order chi connectivity index (χ0) is 15.7. The van der Waals surface area contributed by atoms with Crippen LogP contribution in [0.2, 0.25) is 4.34 Å². The van der Waals surface area contributed by atoms with Gasteiger partial charge in [-0.2, -0.15) is 9.36 Å². The first-order chi connectivity index (χ1) is 10.5. The molecule has 0 saturated heterocycles. The Balaban J connectivity index is 1.78. The van der Waals surface area contributed by atoms with Gasteiger partial charge in [0.25, 0.3) is 5.91 Å². The number of nitrogens with one attached hydrogen (secondary N) is 1. The van der Waals surface area contributed by atoms with Gasteiger partial charge >= 0.3 is 5.69 Å². The molecule has 2 aromatic heterocycles. The Labute approximate surface area is 133 Å². The molecule has 0 aliphatic rings. The van der Waals surface area contributed by atoms with Crippen molar-refractivity contribution in [1.29, 1.82) is 0 Å². The Bertz CT molecular complexity index is 880. The molecule has 7 nitrogen and oxygen atoms in total. The highest BCUT2D eigenvalue weighted by molar-refractivity contribution is 7.18. The molecular weight excluding hydrogens is 326 g/mol. The second-order valence-corrected chi connectivity index (χ2v) is 6.12. The molecule has 0 atom stereocenters. The van der Waals surface area contributed by atoms with Crippen LogP contribution in [-0.2, 0) is 7.05 Å². The van der Waals surface area contributed by atoms with Gasteiger partial charge in [0, 0.05) is 12.7 Å². The minimum Gasteiger partial charge on any atom is -0.321 e. The van der Waals surface area contributed by atoms with Gasteiger partial charge in [0.05, 0.1) is 14.9 Å². The Morgan fingerprint density at radius 3 is 2.45 bits per heavy atom. The fraction of sp³-hybridized carbons (Fsp3) is 0.0769. The van der Waals surface area contributed by atoms with E-state index in [1.54, 1.807) is 36.4 Å². The Kier molecular flexibility index (Phi) is 3.78. The van der Waals surface area contributed by atoms with E-state index in [1.165, 1.54) is 23.1 Å². The first-order valence-electron chi connectivity index (χ1n) is 6.21. The summed E-state index contributed by atoms with van der Waals surface area (Å²) in [7, 11) is 1.52. The molecule has 3 rings (SSSR count). The second kappa shape index (κ2) is 5.74. The quantitative estimate of drug-likeness (QED) is 0.793. The molecule has 1 amide bonds. The summed E-state index contributed by atoms with van der Waals surface area (Å²) in [5, 5.41) is 10.1. The maximum absolute atomic E-state index is 12.0. The van der Waals surface area contributed by atoms with Gasteiger partial charge in [-0.15, -0.1) is 11.3 Å². The molecule has 0 unspecified atom stereocenters. The third-order valence-corrected chi connectivity index (χ3v) is 4.12. The average Bonchev–Trinajstić information content (AvgIpc) is 3.08. The highest BCUT2D eigenvalue weighted by Gasteiger charge is 2.10. The van der Waals surface area contributed by atoms with E-state index in [1.807, 2.05) is 0 Å². The number of aryl methyl sites for hydroxylation is 1. The molecule has 1 N–H and O–H groups in total. The van der Waals surface area contributed by atoms with Gasteiger partial charge in [0.1, 0.15) is 0 Å². The minimum absolute atomic E-state index is 0.235. The van der Waals surface area contributed by atoms with Gasteiger partial charge in [-0.3, -0.25) is 4.79 Å². The molecule has 3 aromatic rings. The SMILES string of the molecule is Cn1nnn(-c2ccc(NC(=O)c3ccc(Cl)s3)cc2)c1=O. The van der Waals surface area contributed by atoms with Crippen LogP contribution in [0.15, 0.2) is 41.2 Å². The molecular formula is C13H10ClN5O2S. The molecule has 0 fully saturated rings. The van der Waals surface area contributed by atoms with Crippen molar-refractivity contribution in [2.24, 2.45) is 7.05 Å². The standard InChI is InChI=1S/C13H10ClN5O2S/c1-18-13(21)19(17-16-18)9-4-2-8(3-5-9)15-12(20)10-6-7-11(14)22-10/h2-7H,1H3,(H,15,20). The fourth-order valence-corrected chi connectivity index (χ4v) is 2.73. The zero-order valence-electron chi connectivity index (χ0n) is 11.4.